The normalized spacial score (nSPS) is 20.7. The highest BCUT2D eigenvalue weighted by Crippen LogP contribution is 2.25. The van der Waals surface area contributed by atoms with Crippen molar-refractivity contribution in [3.63, 3.8) is 0 Å². The van der Waals surface area contributed by atoms with E-state index in [9.17, 15) is 14.4 Å². The van der Waals surface area contributed by atoms with Crippen molar-refractivity contribution in [3.05, 3.63) is 47.7 Å². The Morgan fingerprint density at radius 1 is 1.27 bits per heavy atom. The molecule has 0 radical (unpaired) electrons. The highest BCUT2D eigenvalue weighted by atomic mass is 16.4. The Morgan fingerprint density at radius 3 is 2.59 bits per heavy atom. The number of carbonyl (C=O) groups is 3. The predicted molar refractivity (Wildman–Crippen MR) is 77.1 cm³/mol. The minimum Gasteiger partial charge on any atom is -0.478 e. The zero-order valence-electron chi connectivity index (χ0n) is 11.8. The molecule has 0 bridgehead atoms. The molecule has 112 valence electrons. The zero-order valence-corrected chi connectivity index (χ0v) is 11.8. The standard InChI is InChI=1S/C15H13N3O4/c1-17-8-10(14(20)21)11-12(17)13(19)18(15(22)16-11)7-9-5-3-2-4-6-9/h2-6,8,12H,7H2,1H3,(H,20,21). The van der Waals surface area contributed by atoms with Gasteiger partial charge in [-0.15, -0.1) is 0 Å². The fraction of sp³-hybridized carbons (Fsp3) is 0.200. The molecule has 0 aromatic heterocycles. The molecule has 2 aliphatic heterocycles. The molecule has 1 aromatic rings. The number of aliphatic carboxylic acids is 1. The molecule has 1 aromatic carbocycles. The molecule has 2 heterocycles. The first-order valence-corrected chi connectivity index (χ1v) is 6.64. The second-order valence-electron chi connectivity index (χ2n) is 5.11. The van der Waals surface area contributed by atoms with E-state index in [-0.39, 0.29) is 17.8 Å². The summed E-state index contributed by atoms with van der Waals surface area (Å²) < 4.78 is 0. The minimum atomic E-state index is -1.20. The highest BCUT2D eigenvalue weighted by Gasteiger charge is 2.45. The van der Waals surface area contributed by atoms with Crippen LogP contribution >= 0.6 is 0 Å². The van der Waals surface area contributed by atoms with Crippen LogP contribution in [0.5, 0.6) is 0 Å². The van der Waals surface area contributed by atoms with Crippen molar-refractivity contribution in [2.45, 2.75) is 12.6 Å². The lowest BCUT2D eigenvalue weighted by Crippen LogP contribution is -2.52. The van der Waals surface area contributed by atoms with Crippen molar-refractivity contribution in [3.8, 4) is 0 Å². The minimum absolute atomic E-state index is 0.00862. The Labute approximate surface area is 126 Å². The number of fused-ring (bicyclic) bond motifs is 1. The fourth-order valence-electron chi connectivity index (χ4n) is 2.58. The van der Waals surface area contributed by atoms with Gasteiger partial charge in [0.15, 0.2) is 6.04 Å². The van der Waals surface area contributed by atoms with Crippen LogP contribution in [0.2, 0.25) is 0 Å². The van der Waals surface area contributed by atoms with E-state index in [1.54, 1.807) is 19.2 Å². The number of nitrogens with zero attached hydrogens (tertiary/aromatic N) is 3. The largest absolute Gasteiger partial charge is 0.478 e. The summed E-state index contributed by atoms with van der Waals surface area (Å²) in [5.41, 5.74) is 0.692. The highest BCUT2D eigenvalue weighted by molar-refractivity contribution is 6.33. The lowest BCUT2D eigenvalue weighted by molar-refractivity contribution is -0.132. The maximum absolute atomic E-state index is 12.6. The van der Waals surface area contributed by atoms with Gasteiger partial charge in [-0.2, -0.15) is 4.99 Å². The SMILES string of the molecule is CN1C=C(C(=O)O)C2=NC(=O)N(Cc3ccccc3)C(=O)C21. The number of aliphatic imine (C=N–C) groups is 1. The van der Waals surface area contributed by atoms with Crippen molar-refractivity contribution >= 4 is 23.6 Å². The summed E-state index contributed by atoms with van der Waals surface area (Å²) in [4.78, 5) is 42.2. The van der Waals surface area contributed by atoms with Crippen molar-refractivity contribution in [1.29, 1.82) is 0 Å². The second-order valence-corrected chi connectivity index (χ2v) is 5.11. The van der Waals surface area contributed by atoms with Gasteiger partial charge in [-0.1, -0.05) is 30.3 Å². The van der Waals surface area contributed by atoms with E-state index in [0.717, 1.165) is 10.5 Å². The molecule has 1 atom stereocenters. The van der Waals surface area contributed by atoms with Gasteiger partial charge in [0.2, 0.25) is 0 Å². The number of carboxylic acids is 1. The van der Waals surface area contributed by atoms with Gasteiger partial charge < -0.3 is 10.0 Å². The van der Waals surface area contributed by atoms with E-state index >= 15 is 0 Å². The van der Waals surface area contributed by atoms with Crippen LogP contribution < -0.4 is 0 Å². The summed E-state index contributed by atoms with van der Waals surface area (Å²) in [5.74, 6) is -1.67. The number of hydrogen-bond acceptors (Lipinski definition) is 4. The average Bonchev–Trinajstić information content (AvgIpc) is 2.81. The third kappa shape index (κ3) is 2.16. The van der Waals surface area contributed by atoms with Crippen LogP contribution in [0.15, 0.2) is 47.1 Å². The molecule has 22 heavy (non-hydrogen) atoms. The van der Waals surface area contributed by atoms with Gasteiger partial charge in [0.05, 0.1) is 17.8 Å². The number of hydrogen-bond donors (Lipinski definition) is 1. The summed E-state index contributed by atoms with van der Waals surface area (Å²) in [6.07, 6.45) is 1.32. The maximum Gasteiger partial charge on any atom is 0.350 e. The van der Waals surface area contributed by atoms with E-state index in [2.05, 4.69) is 4.99 Å². The van der Waals surface area contributed by atoms with Crippen molar-refractivity contribution in [2.24, 2.45) is 4.99 Å². The van der Waals surface area contributed by atoms with Gasteiger partial charge in [-0.3, -0.25) is 9.69 Å². The van der Waals surface area contributed by atoms with Crippen LogP contribution in [0.25, 0.3) is 0 Å². The van der Waals surface area contributed by atoms with Gasteiger partial charge in [0.25, 0.3) is 5.91 Å². The number of imide groups is 1. The lowest BCUT2D eigenvalue weighted by Gasteiger charge is -2.30. The number of carbonyl (C=O) groups excluding carboxylic acids is 2. The molecule has 0 aliphatic carbocycles. The molecular weight excluding hydrogens is 286 g/mol. The first-order chi connectivity index (χ1) is 10.5. The molecule has 2 aliphatic rings. The lowest BCUT2D eigenvalue weighted by atomic mass is 10.0. The summed E-state index contributed by atoms with van der Waals surface area (Å²) in [6, 6.07) is 7.49. The van der Waals surface area contributed by atoms with E-state index in [4.69, 9.17) is 5.11 Å². The van der Waals surface area contributed by atoms with Gasteiger partial charge in [0, 0.05) is 13.2 Å². The Bertz CT molecular complexity index is 724. The van der Waals surface area contributed by atoms with E-state index in [1.165, 1.54) is 11.1 Å². The first-order valence-electron chi connectivity index (χ1n) is 6.64. The molecule has 7 heteroatoms. The van der Waals surface area contributed by atoms with Crippen LogP contribution in [-0.4, -0.2) is 51.6 Å². The van der Waals surface area contributed by atoms with Crippen molar-refractivity contribution in [1.82, 2.24) is 9.80 Å². The molecule has 1 N–H and O–H groups in total. The van der Waals surface area contributed by atoms with Crippen LogP contribution in [0.1, 0.15) is 5.56 Å². The van der Waals surface area contributed by atoms with Gasteiger partial charge in [0.1, 0.15) is 0 Å². The summed E-state index contributed by atoms with van der Waals surface area (Å²) in [5, 5.41) is 9.13. The smallest absolute Gasteiger partial charge is 0.350 e. The zero-order chi connectivity index (χ0) is 15.9. The Kier molecular flexibility index (Phi) is 3.25. The summed E-state index contributed by atoms with van der Waals surface area (Å²) in [6.45, 7) is 0.113. The Morgan fingerprint density at radius 2 is 1.95 bits per heavy atom. The molecule has 3 rings (SSSR count). The molecule has 3 amide bonds. The van der Waals surface area contributed by atoms with E-state index in [0.29, 0.717) is 0 Å². The predicted octanol–water partition coefficient (Wildman–Crippen LogP) is 0.872. The van der Waals surface area contributed by atoms with E-state index in [1.807, 2.05) is 18.2 Å². The number of rotatable bonds is 3. The van der Waals surface area contributed by atoms with Crippen LogP contribution in [0.4, 0.5) is 4.79 Å². The van der Waals surface area contributed by atoms with Crippen molar-refractivity contribution < 1.29 is 19.5 Å². The Hall–Kier alpha value is -2.96. The van der Waals surface area contributed by atoms with Crippen LogP contribution in [0, 0.1) is 0 Å². The number of carboxylic acid groups (broad SMARTS) is 1. The maximum atomic E-state index is 12.6. The van der Waals surface area contributed by atoms with Gasteiger partial charge in [-0.05, 0) is 5.56 Å². The third-order valence-corrected chi connectivity index (χ3v) is 3.64. The summed E-state index contributed by atoms with van der Waals surface area (Å²) >= 11 is 0. The third-order valence-electron chi connectivity index (χ3n) is 3.64. The Balaban J connectivity index is 1.93. The topological polar surface area (TPSA) is 90.3 Å². The number of amides is 3. The molecule has 0 spiro atoms. The quantitative estimate of drug-likeness (QED) is 0.894. The number of benzene rings is 1. The molecule has 1 unspecified atom stereocenters. The van der Waals surface area contributed by atoms with Crippen LogP contribution in [0.3, 0.4) is 0 Å². The van der Waals surface area contributed by atoms with Crippen LogP contribution in [-0.2, 0) is 16.1 Å². The second kappa shape index (κ2) is 5.10. The van der Waals surface area contributed by atoms with Crippen molar-refractivity contribution in [2.75, 3.05) is 7.05 Å². The first kappa shape index (κ1) is 14.0. The average molecular weight is 299 g/mol. The van der Waals surface area contributed by atoms with Gasteiger partial charge in [-0.25, -0.2) is 9.59 Å². The molecular formula is C15H13N3O4. The molecule has 0 fully saturated rings. The summed E-state index contributed by atoms with van der Waals surface area (Å²) in [7, 11) is 1.59. The van der Waals surface area contributed by atoms with Gasteiger partial charge >= 0.3 is 12.0 Å². The number of likely N-dealkylation sites (N-methyl/N-ethyl adjacent to an activating group) is 1. The fourth-order valence-corrected chi connectivity index (χ4v) is 2.58. The molecule has 0 saturated heterocycles. The number of urea groups is 1. The molecule has 0 saturated carbocycles. The van der Waals surface area contributed by atoms with E-state index < -0.39 is 23.9 Å². The molecule has 7 nitrogen and oxygen atoms in total. The monoisotopic (exact) mass is 299 g/mol.